The van der Waals surface area contributed by atoms with Crippen molar-refractivity contribution >= 4 is 17.3 Å². The lowest BCUT2D eigenvalue weighted by atomic mass is 10.1. The van der Waals surface area contributed by atoms with Crippen LogP contribution in [0.4, 0.5) is 0 Å². The second-order valence-electron chi connectivity index (χ2n) is 4.12. The van der Waals surface area contributed by atoms with Crippen molar-refractivity contribution in [3.05, 3.63) is 0 Å². The van der Waals surface area contributed by atoms with E-state index >= 15 is 0 Å². The maximum absolute atomic E-state index is 5.11. The Bertz CT molecular complexity index is 160. The van der Waals surface area contributed by atoms with Gasteiger partial charge in [-0.1, -0.05) is 40.0 Å². The smallest absolute Gasteiger partial charge is 0.188 e. The molecule has 1 radical (unpaired) electrons. The topological polar surface area (TPSA) is 26.1 Å². The predicted octanol–water partition coefficient (Wildman–Crippen LogP) is 3.09. The van der Waals surface area contributed by atoms with Crippen molar-refractivity contribution in [1.82, 2.24) is 10.6 Å². The summed E-state index contributed by atoms with van der Waals surface area (Å²) in [5.74, 6) is 0.761. The van der Waals surface area contributed by atoms with Crippen LogP contribution >= 0.6 is 12.2 Å². The lowest BCUT2D eigenvalue weighted by molar-refractivity contribution is 0.509. The maximum atomic E-state index is 5.11. The summed E-state index contributed by atoms with van der Waals surface area (Å²) >= 11 is 5.11. The van der Waals surface area contributed by atoms with Gasteiger partial charge < -0.3 is 5.32 Å². The first kappa shape index (κ1) is 14.7. The fraction of sp³-hybridized carbons (Fsp3) is 0.917. The van der Waals surface area contributed by atoms with Crippen molar-refractivity contribution < 1.29 is 0 Å². The summed E-state index contributed by atoms with van der Waals surface area (Å²) in [6, 6.07) is 0. The number of nitrogens with zero attached hydrogens (tertiary/aromatic N) is 1. The summed E-state index contributed by atoms with van der Waals surface area (Å²) in [5.41, 5.74) is 0. The molecule has 0 saturated carbocycles. The van der Waals surface area contributed by atoms with Crippen LogP contribution in [0.25, 0.3) is 0 Å². The molecule has 1 unspecified atom stereocenters. The molecule has 15 heavy (non-hydrogen) atoms. The predicted molar refractivity (Wildman–Crippen MR) is 71.2 cm³/mol. The highest BCUT2D eigenvalue weighted by molar-refractivity contribution is 7.80. The fourth-order valence-corrected chi connectivity index (χ4v) is 1.41. The zero-order valence-corrected chi connectivity index (χ0v) is 11.2. The Hall–Kier alpha value is -0.310. The molecule has 0 amide bonds. The summed E-state index contributed by atoms with van der Waals surface area (Å²) in [6.45, 7) is 8.52. The second-order valence-corrected chi connectivity index (χ2v) is 4.51. The average molecular weight is 229 g/mol. The lowest BCUT2D eigenvalue weighted by Gasteiger charge is -2.10. The van der Waals surface area contributed by atoms with Gasteiger partial charge in [0.05, 0.1) is 0 Å². The summed E-state index contributed by atoms with van der Waals surface area (Å²) in [5, 5.41) is 8.19. The van der Waals surface area contributed by atoms with Crippen LogP contribution in [0.3, 0.4) is 0 Å². The number of rotatable bonds is 8. The highest BCUT2D eigenvalue weighted by atomic mass is 32.1. The molecule has 0 bridgehead atoms. The van der Waals surface area contributed by atoms with Gasteiger partial charge in [0.1, 0.15) is 0 Å². The van der Waals surface area contributed by atoms with E-state index in [0.29, 0.717) is 5.11 Å². The Labute approximate surface area is 100 Å². The van der Waals surface area contributed by atoms with Crippen LogP contribution in [0, 0.1) is 5.92 Å². The molecule has 0 heterocycles. The maximum Gasteiger partial charge on any atom is 0.188 e. The number of unbranched alkanes of at least 4 members (excludes halogenated alkanes) is 2. The van der Waals surface area contributed by atoms with Crippen molar-refractivity contribution in [3.8, 4) is 0 Å². The normalized spacial score (nSPS) is 12.2. The van der Waals surface area contributed by atoms with Crippen molar-refractivity contribution in [2.45, 2.75) is 52.9 Å². The number of thiocarbonyl (C=S) groups is 1. The Morgan fingerprint density at radius 3 is 2.67 bits per heavy atom. The van der Waals surface area contributed by atoms with Crippen LogP contribution in [0.1, 0.15) is 52.9 Å². The van der Waals surface area contributed by atoms with Crippen molar-refractivity contribution in [1.29, 1.82) is 0 Å². The SMILES string of the molecule is CCCCCNC(=S)[N]CCC(C)CC. The molecule has 0 spiro atoms. The zero-order valence-electron chi connectivity index (χ0n) is 10.4. The Morgan fingerprint density at radius 1 is 1.33 bits per heavy atom. The van der Waals surface area contributed by atoms with E-state index in [-0.39, 0.29) is 0 Å². The molecule has 0 aromatic heterocycles. The molecule has 0 aromatic rings. The first-order chi connectivity index (χ1) is 7.20. The molecular formula is C12H25N2S. The number of nitrogens with one attached hydrogen (secondary N) is 1. The molecular weight excluding hydrogens is 204 g/mol. The van der Waals surface area contributed by atoms with E-state index in [4.69, 9.17) is 12.2 Å². The van der Waals surface area contributed by atoms with Crippen molar-refractivity contribution in [2.24, 2.45) is 5.92 Å². The van der Waals surface area contributed by atoms with Gasteiger partial charge in [-0.05, 0) is 31.0 Å². The minimum Gasteiger partial charge on any atom is -0.361 e. The monoisotopic (exact) mass is 229 g/mol. The van der Waals surface area contributed by atoms with Gasteiger partial charge in [-0.15, -0.1) is 0 Å². The third-order valence-corrected chi connectivity index (χ3v) is 2.90. The standard InChI is InChI=1S/C12H25N2S/c1-4-6-7-9-13-12(15)14-10-8-11(3)5-2/h11H,4-10H2,1-3H3,(H,13,15). The lowest BCUT2D eigenvalue weighted by Crippen LogP contribution is -2.31. The number of hydrogen-bond acceptors (Lipinski definition) is 1. The van der Waals surface area contributed by atoms with Gasteiger partial charge >= 0.3 is 0 Å². The van der Waals surface area contributed by atoms with Crippen LogP contribution in [-0.2, 0) is 0 Å². The fourth-order valence-electron chi connectivity index (χ4n) is 1.22. The summed E-state index contributed by atoms with van der Waals surface area (Å²) in [6.07, 6.45) is 6.08. The minimum atomic E-state index is 0.689. The molecule has 0 aliphatic carbocycles. The van der Waals surface area contributed by atoms with Gasteiger partial charge in [0, 0.05) is 13.1 Å². The van der Waals surface area contributed by atoms with E-state index < -0.39 is 0 Å². The molecule has 3 heteroatoms. The van der Waals surface area contributed by atoms with E-state index in [1.54, 1.807) is 0 Å². The highest BCUT2D eigenvalue weighted by Gasteiger charge is 2.00. The zero-order chi connectivity index (χ0) is 11.5. The van der Waals surface area contributed by atoms with Gasteiger partial charge in [-0.25, -0.2) is 0 Å². The summed E-state index contributed by atoms with van der Waals surface area (Å²) in [7, 11) is 0. The largest absolute Gasteiger partial charge is 0.361 e. The van der Waals surface area contributed by atoms with E-state index in [1.165, 1.54) is 25.7 Å². The summed E-state index contributed by atoms with van der Waals surface area (Å²) < 4.78 is 0. The van der Waals surface area contributed by atoms with Crippen LogP contribution in [0.5, 0.6) is 0 Å². The Kier molecular flexibility index (Phi) is 10.0. The molecule has 0 aromatic carbocycles. The van der Waals surface area contributed by atoms with Crippen LogP contribution < -0.4 is 10.6 Å². The molecule has 0 aliphatic rings. The van der Waals surface area contributed by atoms with E-state index in [1.807, 2.05) is 0 Å². The van der Waals surface area contributed by atoms with E-state index in [2.05, 4.69) is 31.4 Å². The Balaban J connectivity index is 3.26. The summed E-state index contributed by atoms with van der Waals surface area (Å²) in [4.78, 5) is 0. The van der Waals surface area contributed by atoms with Crippen LogP contribution in [0.2, 0.25) is 0 Å². The van der Waals surface area contributed by atoms with Crippen molar-refractivity contribution in [3.63, 3.8) is 0 Å². The van der Waals surface area contributed by atoms with Crippen LogP contribution in [-0.4, -0.2) is 18.2 Å². The second kappa shape index (κ2) is 10.2. The Morgan fingerprint density at radius 2 is 2.07 bits per heavy atom. The molecule has 2 nitrogen and oxygen atoms in total. The molecule has 0 saturated heterocycles. The van der Waals surface area contributed by atoms with Gasteiger partial charge in [0.15, 0.2) is 5.11 Å². The minimum absolute atomic E-state index is 0.689. The quantitative estimate of drug-likeness (QED) is 0.511. The van der Waals surface area contributed by atoms with E-state index in [0.717, 1.165) is 25.4 Å². The third kappa shape index (κ3) is 9.98. The first-order valence-corrected chi connectivity index (χ1v) is 6.56. The van der Waals surface area contributed by atoms with Gasteiger partial charge in [0.25, 0.3) is 0 Å². The van der Waals surface area contributed by atoms with Gasteiger partial charge in [-0.2, -0.15) is 0 Å². The number of hydrogen-bond donors (Lipinski definition) is 1. The molecule has 0 aliphatic heterocycles. The molecule has 0 rings (SSSR count). The van der Waals surface area contributed by atoms with Gasteiger partial charge in [-0.3, -0.25) is 5.32 Å². The molecule has 89 valence electrons. The van der Waals surface area contributed by atoms with Crippen molar-refractivity contribution in [2.75, 3.05) is 13.1 Å². The molecule has 0 fully saturated rings. The van der Waals surface area contributed by atoms with E-state index in [9.17, 15) is 0 Å². The molecule has 1 N–H and O–H groups in total. The molecule has 1 atom stereocenters. The van der Waals surface area contributed by atoms with Crippen LogP contribution in [0.15, 0.2) is 0 Å². The average Bonchev–Trinajstić information content (AvgIpc) is 2.24. The highest BCUT2D eigenvalue weighted by Crippen LogP contribution is 2.04. The third-order valence-electron chi connectivity index (χ3n) is 2.63. The van der Waals surface area contributed by atoms with Gasteiger partial charge in [0.2, 0.25) is 0 Å². The first-order valence-electron chi connectivity index (χ1n) is 6.16.